The molecule has 1 saturated heterocycles. The Kier molecular flexibility index (Phi) is 4.18. The lowest BCUT2D eigenvalue weighted by Gasteiger charge is -2.45. The minimum absolute atomic E-state index is 0.916. The van der Waals surface area contributed by atoms with E-state index in [2.05, 4.69) is 9.47 Å². The maximum Gasteiger partial charge on any atom is 0.453 e. The van der Waals surface area contributed by atoms with Crippen molar-refractivity contribution in [3.05, 3.63) is 0 Å². The molecule has 1 aliphatic rings. The quantitative estimate of drug-likeness (QED) is 0.549. The summed E-state index contributed by atoms with van der Waals surface area (Å²) in [4.78, 5) is 0. The summed E-state index contributed by atoms with van der Waals surface area (Å²) in [6.45, 7) is 5.50. The van der Waals surface area contributed by atoms with Crippen LogP contribution in [0, 0.1) is 10.8 Å². The molecule has 0 spiro atoms. The summed E-state index contributed by atoms with van der Waals surface area (Å²) in [6.07, 6.45) is -12.5. The molecule has 0 bridgehead atoms. The summed E-state index contributed by atoms with van der Waals surface area (Å²) < 4.78 is 116. The van der Waals surface area contributed by atoms with Gasteiger partial charge < -0.3 is 0 Å². The first kappa shape index (κ1) is 20.4. The molecule has 0 aromatic carbocycles. The Bertz CT molecular complexity index is 426. The van der Waals surface area contributed by atoms with Crippen molar-refractivity contribution in [1.82, 2.24) is 0 Å². The fourth-order valence-corrected chi connectivity index (χ4v) is 2.21. The molecule has 1 aliphatic heterocycles. The summed E-state index contributed by atoms with van der Waals surface area (Å²) in [5.74, 6) is -13.4. The topological polar surface area (TPSA) is 18.5 Å². The molecule has 23 heavy (non-hydrogen) atoms. The van der Waals surface area contributed by atoms with E-state index >= 15 is 8.78 Å². The third kappa shape index (κ3) is 2.52. The lowest BCUT2D eigenvalue weighted by Crippen LogP contribution is -2.60. The van der Waals surface area contributed by atoms with E-state index in [0.717, 1.165) is 41.5 Å². The van der Waals surface area contributed by atoms with Crippen LogP contribution in [0.25, 0.3) is 0 Å². The smallest absolute Gasteiger partial charge is 0.292 e. The first-order valence-corrected chi connectivity index (χ1v) is 6.58. The highest BCUT2D eigenvalue weighted by Crippen LogP contribution is 2.66. The molecule has 0 saturated carbocycles. The van der Waals surface area contributed by atoms with E-state index in [9.17, 15) is 26.3 Å². The third-order valence-corrected chi connectivity index (χ3v) is 3.66. The van der Waals surface area contributed by atoms with Gasteiger partial charge >= 0.3 is 18.1 Å². The SMILES string of the molecule is CC(C)(C)C1(F)OC(C(F)(F)F)(C(F)(F)F)OC1(F)C(C)(C)C. The molecule has 10 heteroatoms. The highest BCUT2D eigenvalue weighted by molar-refractivity contribution is 5.11. The molecule has 0 N–H and O–H groups in total. The average molecular weight is 358 g/mol. The second-order valence-electron chi connectivity index (χ2n) is 7.51. The number of alkyl halides is 8. The second kappa shape index (κ2) is 4.71. The number of hydrogen-bond donors (Lipinski definition) is 0. The molecule has 2 unspecified atom stereocenters. The fraction of sp³-hybridized carbons (Fsp3) is 1.00. The van der Waals surface area contributed by atoms with Gasteiger partial charge in [-0.3, -0.25) is 9.47 Å². The average Bonchev–Trinajstić information content (AvgIpc) is 2.48. The van der Waals surface area contributed by atoms with Crippen LogP contribution in [-0.2, 0) is 9.47 Å². The van der Waals surface area contributed by atoms with Crippen molar-refractivity contribution in [3.8, 4) is 0 Å². The third-order valence-electron chi connectivity index (χ3n) is 3.66. The van der Waals surface area contributed by atoms with Crippen LogP contribution in [0.15, 0.2) is 0 Å². The minimum Gasteiger partial charge on any atom is -0.292 e. The van der Waals surface area contributed by atoms with E-state index in [-0.39, 0.29) is 0 Å². The van der Waals surface area contributed by atoms with Crippen LogP contribution in [0.4, 0.5) is 35.1 Å². The molecule has 1 rings (SSSR count). The van der Waals surface area contributed by atoms with Gasteiger partial charge in [0.15, 0.2) is 0 Å². The van der Waals surface area contributed by atoms with E-state index in [1.54, 1.807) is 0 Å². The molecule has 0 aliphatic carbocycles. The van der Waals surface area contributed by atoms with Gasteiger partial charge in [0, 0.05) is 10.8 Å². The molecular weight excluding hydrogens is 340 g/mol. The van der Waals surface area contributed by atoms with Crippen LogP contribution in [0.3, 0.4) is 0 Å². The molecular formula is C13H18F8O2. The molecule has 2 atom stereocenters. The Morgan fingerprint density at radius 2 is 0.783 bits per heavy atom. The zero-order valence-electron chi connectivity index (χ0n) is 13.3. The Balaban J connectivity index is 3.76. The highest BCUT2D eigenvalue weighted by atomic mass is 19.4. The zero-order valence-corrected chi connectivity index (χ0v) is 13.3. The van der Waals surface area contributed by atoms with Crippen LogP contribution < -0.4 is 0 Å². The number of rotatable bonds is 0. The van der Waals surface area contributed by atoms with Gasteiger partial charge in [-0.15, -0.1) is 0 Å². The Labute approximate surface area is 128 Å². The Morgan fingerprint density at radius 3 is 0.913 bits per heavy atom. The van der Waals surface area contributed by atoms with Crippen LogP contribution in [0.5, 0.6) is 0 Å². The lowest BCUT2D eigenvalue weighted by molar-refractivity contribution is -0.463. The van der Waals surface area contributed by atoms with Crippen LogP contribution in [-0.4, -0.2) is 29.8 Å². The summed E-state index contributed by atoms with van der Waals surface area (Å²) in [6, 6.07) is 0. The zero-order chi connectivity index (χ0) is 18.9. The van der Waals surface area contributed by atoms with Crippen molar-refractivity contribution >= 4 is 0 Å². The molecule has 0 radical (unpaired) electrons. The van der Waals surface area contributed by atoms with Gasteiger partial charge in [0.1, 0.15) is 0 Å². The highest BCUT2D eigenvalue weighted by Gasteiger charge is 2.89. The van der Waals surface area contributed by atoms with Crippen molar-refractivity contribution in [2.45, 2.75) is 71.4 Å². The lowest BCUT2D eigenvalue weighted by atomic mass is 9.72. The normalized spacial score (nSPS) is 33.1. The van der Waals surface area contributed by atoms with Crippen molar-refractivity contribution in [1.29, 1.82) is 0 Å². The predicted molar refractivity (Wildman–Crippen MR) is 63.6 cm³/mol. The van der Waals surface area contributed by atoms with Gasteiger partial charge in [-0.1, -0.05) is 41.5 Å². The van der Waals surface area contributed by atoms with E-state index in [4.69, 9.17) is 0 Å². The van der Waals surface area contributed by atoms with Crippen molar-refractivity contribution in [2.24, 2.45) is 10.8 Å². The first-order valence-electron chi connectivity index (χ1n) is 6.58. The number of ether oxygens (including phenoxy) is 2. The monoisotopic (exact) mass is 358 g/mol. The molecule has 0 aromatic rings. The van der Waals surface area contributed by atoms with Gasteiger partial charge in [-0.2, -0.15) is 26.3 Å². The van der Waals surface area contributed by atoms with Gasteiger partial charge in [0.25, 0.3) is 11.7 Å². The summed E-state index contributed by atoms with van der Waals surface area (Å²) >= 11 is 0. The van der Waals surface area contributed by atoms with E-state index in [1.165, 1.54) is 0 Å². The van der Waals surface area contributed by atoms with Crippen LogP contribution in [0.1, 0.15) is 41.5 Å². The Hall–Kier alpha value is -0.640. The van der Waals surface area contributed by atoms with Gasteiger partial charge in [0.05, 0.1) is 0 Å². The van der Waals surface area contributed by atoms with Gasteiger partial charge in [-0.25, -0.2) is 8.78 Å². The van der Waals surface area contributed by atoms with Crippen LogP contribution >= 0.6 is 0 Å². The first-order chi connectivity index (χ1) is 9.66. The standard InChI is InChI=1S/C13H18F8O2/c1-7(2,3)9(14)10(15,8(4,5)6)23-11(22-9,12(16,17)18)13(19,20)21/h1-6H3. The van der Waals surface area contributed by atoms with Gasteiger partial charge in [-0.05, 0) is 0 Å². The van der Waals surface area contributed by atoms with Crippen molar-refractivity contribution < 1.29 is 44.6 Å². The van der Waals surface area contributed by atoms with E-state index < -0.39 is 40.7 Å². The second-order valence-corrected chi connectivity index (χ2v) is 7.51. The largest absolute Gasteiger partial charge is 0.453 e. The Morgan fingerprint density at radius 1 is 0.565 bits per heavy atom. The molecule has 138 valence electrons. The minimum atomic E-state index is -6.24. The summed E-state index contributed by atoms with van der Waals surface area (Å²) in [5.41, 5.74) is -4.18. The molecule has 0 amide bonds. The van der Waals surface area contributed by atoms with Gasteiger partial charge in [0.2, 0.25) is 0 Å². The van der Waals surface area contributed by atoms with Crippen LogP contribution in [0.2, 0.25) is 0 Å². The molecule has 1 heterocycles. The van der Waals surface area contributed by atoms with E-state index in [0.29, 0.717) is 0 Å². The maximum absolute atomic E-state index is 15.2. The van der Waals surface area contributed by atoms with E-state index in [1.807, 2.05) is 0 Å². The predicted octanol–water partition coefficient (Wildman–Crippen LogP) is 5.28. The fourth-order valence-electron chi connectivity index (χ4n) is 2.21. The maximum atomic E-state index is 15.2. The summed E-state index contributed by atoms with van der Waals surface area (Å²) in [7, 11) is 0. The molecule has 1 fully saturated rings. The summed E-state index contributed by atoms with van der Waals surface area (Å²) in [5, 5.41) is 0. The molecule has 2 nitrogen and oxygen atoms in total. The van der Waals surface area contributed by atoms with Crippen molar-refractivity contribution in [3.63, 3.8) is 0 Å². The van der Waals surface area contributed by atoms with Crippen molar-refractivity contribution in [2.75, 3.05) is 0 Å². The number of halogens is 8. The molecule has 0 aromatic heterocycles. The number of hydrogen-bond acceptors (Lipinski definition) is 2.